The van der Waals surface area contributed by atoms with Gasteiger partial charge in [-0.2, -0.15) is 0 Å². The van der Waals surface area contributed by atoms with Crippen molar-refractivity contribution in [1.82, 2.24) is 0 Å². The maximum atomic E-state index is 12.5. The molecule has 0 saturated carbocycles. The second-order valence-corrected chi connectivity index (χ2v) is 8.96. The first-order valence-electron chi connectivity index (χ1n) is 8.94. The molecule has 0 atom stereocenters. The van der Waals surface area contributed by atoms with Crippen LogP contribution in [0.4, 0.5) is 5.00 Å². The smallest absolute Gasteiger partial charge is 0.341 e. The molecule has 3 rings (SSSR count). The molecule has 150 valence electrons. The highest BCUT2D eigenvalue weighted by Crippen LogP contribution is 2.39. The lowest BCUT2D eigenvalue weighted by Gasteiger charge is -2.13. The Morgan fingerprint density at radius 2 is 2.00 bits per heavy atom. The number of anilines is 1. The fourth-order valence-corrected chi connectivity index (χ4v) is 5.27. The predicted octanol–water partition coefficient (Wildman–Crippen LogP) is 5.46. The molecule has 0 unspecified atom stereocenters. The van der Waals surface area contributed by atoms with E-state index in [9.17, 15) is 9.59 Å². The minimum atomic E-state index is -0.415. The number of hydrogen-bond acceptors (Lipinski definition) is 5. The monoisotopic (exact) mass is 485 g/mol. The molecule has 5 nitrogen and oxygen atoms in total. The van der Waals surface area contributed by atoms with Gasteiger partial charge in [0.15, 0.2) is 6.61 Å². The van der Waals surface area contributed by atoms with Crippen LogP contribution in [0.15, 0.2) is 10.5 Å². The fourth-order valence-electron chi connectivity index (χ4n) is 3.28. The topological polar surface area (TPSA) is 64.6 Å². The molecule has 8 heteroatoms. The number of carbonyl (C=O) groups excluding carboxylic acids is 2. The van der Waals surface area contributed by atoms with Gasteiger partial charge in [-0.15, -0.1) is 11.3 Å². The maximum Gasteiger partial charge on any atom is 0.341 e. The quantitative estimate of drug-likeness (QED) is 0.570. The van der Waals surface area contributed by atoms with E-state index in [2.05, 4.69) is 21.2 Å². The number of nitrogens with one attached hydrogen (secondary N) is 1. The minimum absolute atomic E-state index is 0.178. The molecule has 1 aromatic heterocycles. The number of halogens is 2. The molecule has 0 spiro atoms. The molecular formula is C20H21BrClNO4S. The lowest BCUT2D eigenvalue weighted by Crippen LogP contribution is -2.21. The van der Waals surface area contributed by atoms with Gasteiger partial charge in [0.2, 0.25) is 0 Å². The fraction of sp³-hybridized carbons (Fsp3) is 0.400. The number of fused-ring (bicyclic) bond motifs is 1. The van der Waals surface area contributed by atoms with Crippen LogP contribution in [0.1, 0.15) is 44.8 Å². The van der Waals surface area contributed by atoms with Gasteiger partial charge in [-0.1, -0.05) is 11.6 Å². The second-order valence-electron chi connectivity index (χ2n) is 6.69. The van der Waals surface area contributed by atoms with Crippen molar-refractivity contribution < 1.29 is 19.1 Å². The van der Waals surface area contributed by atoms with Gasteiger partial charge in [0.1, 0.15) is 10.8 Å². The molecule has 1 aliphatic rings. The molecule has 1 aromatic carbocycles. The molecule has 28 heavy (non-hydrogen) atoms. The summed E-state index contributed by atoms with van der Waals surface area (Å²) in [4.78, 5) is 25.9. The van der Waals surface area contributed by atoms with Crippen molar-refractivity contribution in [3.05, 3.63) is 42.7 Å². The lowest BCUT2D eigenvalue weighted by atomic mass is 9.95. The molecule has 1 amide bonds. The maximum absolute atomic E-state index is 12.5. The standard InChI is InChI=1S/C20H21BrClNO4S/c1-10-8-13(17(21)11(2)18(10)22)27-9-15(24)23-19-16(20(25)26-3)12-6-4-5-7-14(12)28-19/h8H,4-7,9H2,1-3H3,(H,23,24). The van der Waals surface area contributed by atoms with Gasteiger partial charge in [0, 0.05) is 9.90 Å². The summed E-state index contributed by atoms with van der Waals surface area (Å²) in [6.45, 7) is 3.58. The van der Waals surface area contributed by atoms with E-state index in [1.54, 1.807) is 6.07 Å². The highest BCUT2D eigenvalue weighted by Gasteiger charge is 2.27. The Bertz CT molecular complexity index is 941. The second kappa shape index (κ2) is 8.84. The zero-order valence-electron chi connectivity index (χ0n) is 15.9. The summed E-state index contributed by atoms with van der Waals surface area (Å²) in [6.07, 6.45) is 3.88. The summed E-state index contributed by atoms with van der Waals surface area (Å²) in [5.41, 5.74) is 3.22. The van der Waals surface area contributed by atoms with E-state index in [1.807, 2.05) is 13.8 Å². The molecule has 0 saturated heterocycles. The summed E-state index contributed by atoms with van der Waals surface area (Å²) in [5.74, 6) is -0.198. The van der Waals surface area contributed by atoms with Gasteiger partial charge in [-0.3, -0.25) is 4.79 Å². The number of aryl methyl sites for hydroxylation is 2. The highest BCUT2D eigenvalue weighted by molar-refractivity contribution is 9.10. The third-order valence-electron chi connectivity index (χ3n) is 4.74. The largest absolute Gasteiger partial charge is 0.483 e. The molecule has 0 aliphatic heterocycles. The third kappa shape index (κ3) is 4.21. The average molecular weight is 487 g/mol. The van der Waals surface area contributed by atoms with Crippen LogP contribution in [0.5, 0.6) is 5.75 Å². The van der Waals surface area contributed by atoms with Crippen molar-refractivity contribution in [3.63, 3.8) is 0 Å². The van der Waals surface area contributed by atoms with Gasteiger partial charge in [0.25, 0.3) is 5.91 Å². The van der Waals surface area contributed by atoms with Crippen LogP contribution < -0.4 is 10.1 Å². The summed E-state index contributed by atoms with van der Waals surface area (Å²) in [7, 11) is 1.35. The molecule has 0 bridgehead atoms. The van der Waals surface area contributed by atoms with Crippen molar-refractivity contribution in [2.75, 3.05) is 19.0 Å². The number of ether oxygens (including phenoxy) is 2. The van der Waals surface area contributed by atoms with E-state index in [1.165, 1.54) is 18.4 Å². The number of esters is 1. The van der Waals surface area contributed by atoms with E-state index in [4.69, 9.17) is 21.1 Å². The number of amides is 1. The molecule has 1 heterocycles. The Hall–Kier alpha value is -1.57. The first-order valence-corrected chi connectivity index (χ1v) is 10.9. The summed E-state index contributed by atoms with van der Waals surface area (Å²) >= 11 is 11.1. The van der Waals surface area contributed by atoms with Crippen LogP contribution >= 0.6 is 38.9 Å². The number of carbonyl (C=O) groups is 2. The van der Waals surface area contributed by atoms with Crippen molar-refractivity contribution >= 4 is 55.7 Å². The Labute approximate surface area is 181 Å². The Kier molecular flexibility index (Phi) is 6.68. The molecular weight excluding hydrogens is 466 g/mol. The van der Waals surface area contributed by atoms with Crippen LogP contribution in [0.2, 0.25) is 5.02 Å². The first kappa shape index (κ1) is 21.1. The minimum Gasteiger partial charge on any atom is -0.483 e. The number of thiophene rings is 1. The average Bonchev–Trinajstić information content (AvgIpc) is 3.05. The van der Waals surface area contributed by atoms with Crippen molar-refractivity contribution in [1.29, 1.82) is 0 Å². The highest BCUT2D eigenvalue weighted by atomic mass is 79.9. The van der Waals surface area contributed by atoms with E-state index >= 15 is 0 Å². The summed E-state index contributed by atoms with van der Waals surface area (Å²) in [5, 5.41) is 4.03. The number of rotatable bonds is 5. The predicted molar refractivity (Wildman–Crippen MR) is 115 cm³/mol. The van der Waals surface area contributed by atoms with Crippen LogP contribution in [-0.2, 0) is 22.4 Å². The van der Waals surface area contributed by atoms with E-state index in [-0.39, 0.29) is 12.5 Å². The number of methoxy groups -OCH3 is 1. The summed E-state index contributed by atoms with van der Waals surface area (Å²) < 4.78 is 11.3. The van der Waals surface area contributed by atoms with Gasteiger partial charge in [-0.25, -0.2) is 4.79 Å². The lowest BCUT2D eigenvalue weighted by molar-refractivity contribution is -0.118. The number of benzene rings is 1. The molecule has 0 fully saturated rings. The van der Waals surface area contributed by atoms with Crippen molar-refractivity contribution in [2.45, 2.75) is 39.5 Å². The first-order chi connectivity index (χ1) is 13.3. The van der Waals surface area contributed by atoms with E-state index < -0.39 is 5.97 Å². The number of hydrogen-bond donors (Lipinski definition) is 1. The van der Waals surface area contributed by atoms with Gasteiger partial charge >= 0.3 is 5.97 Å². The van der Waals surface area contributed by atoms with Gasteiger partial charge < -0.3 is 14.8 Å². The Morgan fingerprint density at radius 3 is 2.71 bits per heavy atom. The normalized spacial score (nSPS) is 13.0. The van der Waals surface area contributed by atoms with Crippen LogP contribution in [-0.4, -0.2) is 25.6 Å². The molecule has 1 N–H and O–H groups in total. The SMILES string of the molecule is COC(=O)c1c(NC(=O)COc2cc(C)c(Cl)c(C)c2Br)sc2c1CCCC2. The van der Waals surface area contributed by atoms with Crippen molar-refractivity contribution in [3.8, 4) is 5.75 Å². The van der Waals surface area contributed by atoms with E-state index in [0.717, 1.165) is 51.7 Å². The van der Waals surface area contributed by atoms with Gasteiger partial charge in [-0.05, 0) is 78.2 Å². The Balaban J connectivity index is 1.76. The van der Waals surface area contributed by atoms with Crippen LogP contribution in [0.3, 0.4) is 0 Å². The van der Waals surface area contributed by atoms with Gasteiger partial charge in [0.05, 0.1) is 17.1 Å². The molecule has 0 radical (unpaired) electrons. The zero-order chi connectivity index (χ0) is 20.4. The van der Waals surface area contributed by atoms with Crippen molar-refractivity contribution in [2.24, 2.45) is 0 Å². The summed E-state index contributed by atoms with van der Waals surface area (Å²) in [6, 6.07) is 1.79. The van der Waals surface area contributed by atoms with E-state index in [0.29, 0.717) is 21.3 Å². The zero-order valence-corrected chi connectivity index (χ0v) is 19.1. The van der Waals surface area contributed by atoms with Crippen LogP contribution in [0, 0.1) is 13.8 Å². The van der Waals surface area contributed by atoms with Crippen LogP contribution in [0.25, 0.3) is 0 Å². The molecule has 1 aliphatic carbocycles. The Morgan fingerprint density at radius 1 is 1.29 bits per heavy atom. The molecule has 2 aromatic rings. The third-order valence-corrected chi connectivity index (χ3v) is 7.52.